The number of piperazine rings is 1. The summed E-state index contributed by atoms with van der Waals surface area (Å²) in [6.45, 7) is 3.63. The van der Waals surface area contributed by atoms with Gasteiger partial charge in [-0.1, -0.05) is 24.3 Å². The first-order valence-electron chi connectivity index (χ1n) is 10.6. The summed E-state index contributed by atoms with van der Waals surface area (Å²) in [5, 5.41) is 0. The first kappa shape index (κ1) is 21.7. The fraction of sp³-hybridized carbons (Fsp3) is 0.292. The Bertz CT molecular complexity index is 1090. The second-order valence-electron chi connectivity index (χ2n) is 7.82. The Morgan fingerprint density at radius 3 is 2.44 bits per heavy atom. The SMILES string of the molecule is NC(=O)c1ccc(CN2CCN(C(=O)CCc3ncc(-c4ccccc4F)o3)CC2)cc1. The molecule has 0 atom stereocenters. The third-order valence-electron chi connectivity index (χ3n) is 5.62. The summed E-state index contributed by atoms with van der Waals surface area (Å²) >= 11 is 0. The molecule has 166 valence electrons. The van der Waals surface area contributed by atoms with Gasteiger partial charge in [0.1, 0.15) is 5.82 Å². The molecule has 1 aromatic heterocycles. The minimum atomic E-state index is -0.433. The summed E-state index contributed by atoms with van der Waals surface area (Å²) in [5.74, 6) is 0.0450. The van der Waals surface area contributed by atoms with Crippen LogP contribution in [-0.2, 0) is 17.8 Å². The predicted octanol–water partition coefficient (Wildman–Crippen LogP) is 2.86. The largest absolute Gasteiger partial charge is 0.441 e. The molecule has 7 nitrogen and oxygen atoms in total. The Labute approximate surface area is 185 Å². The number of aromatic nitrogens is 1. The number of benzene rings is 2. The van der Waals surface area contributed by atoms with E-state index in [2.05, 4.69) is 9.88 Å². The Morgan fingerprint density at radius 1 is 1.03 bits per heavy atom. The van der Waals surface area contributed by atoms with Crippen molar-refractivity contribution in [2.75, 3.05) is 26.2 Å². The van der Waals surface area contributed by atoms with Crippen LogP contribution in [-0.4, -0.2) is 52.8 Å². The molecule has 0 aliphatic carbocycles. The number of carbonyl (C=O) groups is 2. The lowest BCUT2D eigenvalue weighted by atomic mass is 10.1. The normalized spacial score (nSPS) is 14.5. The summed E-state index contributed by atoms with van der Waals surface area (Å²) < 4.78 is 19.5. The lowest BCUT2D eigenvalue weighted by molar-refractivity contribution is -0.133. The quantitative estimate of drug-likeness (QED) is 0.615. The maximum Gasteiger partial charge on any atom is 0.248 e. The number of hydrogen-bond donors (Lipinski definition) is 1. The van der Waals surface area contributed by atoms with Gasteiger partial charge in [0.05, 0.1) is 11.8 Å². The lowest BCUT2D eigenvalue weighted by Gasteiger charge is -2.34. The molecular weight excluding hydrogens is 411 g/mol. The molecule has 1 saturated heterocycles. The van der Waals surface area contributed by atoms with E-state index >= 15 is 0 Å². The molecule has 4 rings (SSSR count). The fourth-order valence-electron chi connectivity index (χ4n) is 3.77. The van der Waals surface area contributed by atoms with E-state index in [9.17, 15) is 14.0 Å². The van der Waals surface area contributed by atoms with Crippen molar-refractivity contribution in [3.63, 3.8) is 0 Å². The summed E-state index contributed by atoms with van der Waals surface area (Å²) in [6.07, 6.45) is 2.17. The topological polar surface area (TPSA) is 92.7 Å². The van der Waals surface area contributed by atoms with Crippen molar-refractivity contribution in [1.82, 2.24) is 14.8 Å². The molecule has 0 radical (unpaired) electrons. The van der Waals surface area contributed by atoms with Crippen LogP contribution in [0.1, 0.15) is 28.2 Å². The van der Waals surface area contributed by atoms with Gasteiger partial charge in [-0.2, -0.15) is 0 Å². The molecule has 32 heavy (non-hydrogen) atoms. The van der Waals surface area contributed by atoms with Crippen molar-refractivity contribution in [3.8, 4) is 11.3 Å². The average molecular weight is 436 g/mol. The number of aryl methyl sites for hydroxylation is 1. The highest BCUT2D eigenvalue weighted by molar-refractivity contribution is 5.92. The minimum Gasteiger partial charge on any atom is -0.441 e. The highest BCUT2D eigenvalue weighted by Gasteiger charge is 2.21. The standard InChI is InChI=1S/C24H25FN4O3/c25-20-4-2-1-3-19(20)21-15-27-22(32-21)9-10-23(30)29-13-11-28(12-14-29)16-17-5-7-18(8-6-17)24(26)31/h1-8,15H,9-14,16H2,(H2,26,31). The van der Waals surface area contributed by atoms with Crippen LogP contribution in [0, 0.1) is 5.82 Å². The first-order chi connectivity index (χ1) is 15.5. The van der Waals surface area contributed by atoms with Crippen molar-refractivity contribution < 1.29 is 18.4 Å². The second-order valence-corrected chi connectivity index (χ2v) is 7.82. The summed E-state index contributed by atoms with van der Waals surface area (Å²) in [5.41, 5.74) is 7.23. The molecule has 0 spiro atoms. The van der Waals surface area contributed by atoms with Gasteiger partial charge in [0.25, 0.3) is 0 Å². The second kappa shape index (κ2) is 9.74. The fourth-order valence-corrected chi connectivity index (χ4v) is 3.77. The predicted molar refractivity (Wildman–Crippen MR) is 117 cm³/mol. The van der Waals surface area contributed by atoms with Crippen molar-refractivity contribution in [3.05, 3.63) is 77.6 Å². The van der Waals surface area contributed by atoms with Crippen LogP contribution in [0.2, 0.25) is 0 Å². The molecule has 1 fully saturated rings. The van der Waals surface area contributed by atoms with Crippen LogP contribution in [0.15, 0.2) is 59.1 Å². The molecule has 2 aromatic carbocycles. The number of oxazole rings is 1. The van der Waals surface area contributed by atoms with Crippen LogP contribution < -0.4 is 5.73 Å². The van der Waals surface area contributed by atoms with Gasteiger partial charge >= 0.3 is 0 Å². The maximum atomic E-state index is 13.9. The van der Waals surface area contributed by atoms with Crippen LogP contribution >= 0.6 is 0 Å². The number of halogens is 1. The van der Waals surface area contributed by atoms with Gasteiger partial charge in [-0.05, 0) is 29.8 Å². The molecule has 0 saturated carbocycles. The van der Waals surface area contributed by atoms with E-state index in [4.69, 9.17) is 10.2 Å². The molecule has 2 amide bonds. The smallest absolute Gasteiger partial charge is 0.248 e. The zero-order valence-electron chi connectivity index (χ0n) is 17.7. The molecule has 2 heterocycles. The minimum absolute atomic E-state index is 0.0566. The average Bonchev–Trinajstić information content (AvgIpc) is 3.27. The molecule has 0 unspecified atom stereocenters. The van der Waals surface area contributed by atoms with Crippen molar-refractivity contribution in [2.45, 2.75) is 19.4 Å². The van der Waals surface area contributed by atoms with Gasteiger partial charge < -0.3 is 15.1 Å². The number of nitrogens with zero attached hydrogens (tertiary/aromatic N) is 3. The van der Waals surface area contributed by atoms with Crippen LogP contribution in [0.25, 0.3) is 11.3 Å². The summed E-state index contributed by atoms with van der Waals surface area (Å²) in [6, 6.07) is 13.6. The van der Waals surface area contributed by atoms with Crippen LogP contribution in [0.5, 0.6) is 0 Å². The third-order valence-corrected chi connectivity index (χ3v) is 5.62. The number of nitrogens with two attached hydrogens (primary N) is 1. The van der Waals surface area contributed by atoms with E-state index < -0.39 is 5.91 Å². The molecule has 8 heteroatoms. The monoisotopic (exact) mass is 436 g/mol. The number of rotatable bonds is 7. The van der Waals surface area contributed by atoms with E-state index in [1.807, 2.05) is 17.0 Å². The lowest BCUT2D eigenvalue weighted by Crippen LogP contribution is -2.48. The first-order valence-corrected chi connectivity index (χ1v) is 10.6. The molecule has 2 N–H and O–H groups in total. The van der Waals surface area contributed by atoms with Gasteiger partial charge in [-0.25, -0.2) is 9.37 Å². The van der Waals surface area contributed by atoms with Crippen LogP contribution in [0.3, 0.4) is 0 Å². The highest BCUT2D eigenvalue weighted by Crippen LogP contribution is 2.23. The summed E-state index contributed by atoms with van der Waals surface area (Å²) in [7, 11) is 0. The Hall–Kier alpha value is -3.52. The Balaban J connectivity index is 1.24. The van der Waals surface area contributed by atoms with E-state index in [0.717, 1.165) is 25.2 Å². The van der Waals surface area contributed by atoms with Crippen molar-refractivity contribution >= 4 is 11.8 Å². The number of amides is 2. The van der Waals surface area contributed by atoms with Crippen molar-refractivity contribution in [1.29, 1.82) is 0 Å². The van der Waals surface area contributed by atoms with E-state index in [1.165, 1.54) is 12.3 Å². The van der Waals surface area contributed by atoms with Crippen molar-refractivity contribution in [2.24, 2.45) is 5.73 Å². The van der Waals surface area contributed by atoms with Gasteiger partial charge in [0, 0.05) is 51.1 Å². The number of primary amides is 1. The number of carbonyl (C=O) groups excluding carboxylic acids is 2. The molecule has 0 bridgehead atoms. The zero-order chi connectivity index (χ0) is 22.5. The van der Waals surface area contributed by atoms with Crippen LogP contribution in [0.4, 0.5) is 4.39 Å². The Morgan fingerprint density at radius 2 is 1.75 bits per heavy atom. The molecule has 1 aliphatic heterocycles. The maximum absolute atomic E-state index is 13.9. The van der Waals surface area contributed by atoms with E-state index in [0.29, 0.717) is 48.7 Å². The van der Waals surface area contributed by atoms with Gasteiger partial charge in [-0.3, -0.25) is 14.5 Å². The molecule has 1 aliphatic rings. The number of hydrogen-bond acceptors (Lipinski definition) is 5. The Kier molecular flexibility index (Phi) is 6.61. The third kappa shape index (κ3) is 5.20. The zero-order valence-corrected chi connectivity index (χ0v) is 17.7. The molecular formula is C24H25FN4O3. The van der Waals surface area contributed by atoms with Gasteiger partial charge in [-0.15, -0.1) is 0 Å². The van der Waals surface area contributed by atoms with Gasteiger partial charge in [0.2, 0.25) is 11.8 Å². The summed E-state index contributed by atoms with van der Waals surface area (Å²) in [4.78, 5) is 32.1. The van der Waals surface area contributed by atoms with E-state index in [1.54, 1.807) is 30.3 Å². The molecule has 3 aromatic rings. The van der Waals surface area contributed by atoms with Gasteiger partial charge in [0.15, 0.2) is 11.7 Å². The highest BCUT2D eigenvalue weighted by atomic mass is 19.1. The van der Waals surface area contributed by atoms with E-state index in [-0.39, 0.29) is 11.7 Å².